The van der Waals surface area contributed by atoms with Crippen molar-refractivity contribution >= 4 is 34.3 Å². The van der Waals surface area contributed by atoms with E-state index in [0.717, 1.165) is 10.9 Å². The monoisotopic (exact) mass is 393 g/mol. The molecule has 0 radical (unpaired) electrons. The molecule has 0 bridgehead atoms. The fraction of sp³-hybridized carbons (Fsp3) is 0.474. The number of aromatic amines is 1. The summed E-state index contributed by atoms with van der Waals surface area (Å²) in [5.41, 5.74) is 1.10. The maximum absolute atomic E-state index is 12.6. The average Bonchev–Trinajstić information content (AvgIpc) is 3.21. The number of fused-ring (bicyclic) bond motifs is 1. The Morgan fingerprint density at radius 3 is 2.74 bits per heavy atom. The summed E-state index contributed by atoms with van der Waals surface area (Å²) in [5, 5.41) is 24.4. The number of benzene rings is 1. The van der Waals surface area contributed by atoms with E-state index < -0.39 is 30.1 Å². The van der Waals surface area contributed by atoms with E-state index in [0.29, 0.717) is 23.7 Å². The summed E-state index contributed by atoms with van der Waals surface area (Å²) in [5.74, 6) is -0.918. The fourth-order valence-corrected chi connectivity index (χ4v) is 3.55. The van der Waals surface area contributed by atoms with Crippen LogP contribution < -0.4 is 5.32 Å². The smallest absolute Gasteiger partial charge is 0.268 e. The second-order valence-corrected chi connectivity index (χ2v) is 7.57. The molecule has 1 fully saturated rings. The number of nitrogens with zero attached hydrogens (tertiary/aromatic N) is 1. The average molecular weight is 394 g/mol. The van der Waals surface area contributed by atoms with Gasteiger partial charge in [-0.3, -0.25) is 9.59 Å². The van der Waals surface area contributed by atoms with Crippen molar-refractivity contribution in [2.45, 2.75) is 38.5 Å². The predicted octanol–water partition coefficient (Wildman–Crippen LogP) is 1.53. The van der Waals surface area contributed by atoms with Crippen molar-refractivity contribution < 1.29 is 19.8 Å². The topological polar surface area (TPSA) is 106 Å². The second kappa shape index (κ2) is 7.88. The number of hydrogen-bond acceptors (Lipinski definition) is 4. The van der Waals surface area contributed by atoms with Gasteiger partial charge in [0.2, 0.25) is 0 Å². The molecule has 1 saturated heterocycles. The molecule has 2 amide bonds. The summed E-state index contributed by atoms with van der Waals surface area (Å²) in [4.78, 5) is 29.5. The lowest BCUT2D eigenvalue weighted by molar-refractivity contribution is -0.140. The lowest BCUT2D eigenvalue weighted by atomic mass is 10.1. The van der Waals surface area contributed by atoms with Crippen LogP contribution in [0.4, 0.5) is 0 Å². The SMILES string of the molecule is CCC(NC(=O)c1cc2cc(Cl)ccc2[nH]1)C(O)C(=O)N1CC(C)C(O)C1. The summed E-state index contributed by atoms with van der Waals surface area (Å²) in [6, 6.07) is 6.21. The van der Waals surface area contributed by atoms with Gasteiger partial charge in [-0.15, -0.1) is 0 Å². The van der Waals surface area contributed by atoms with Crippen molar-refractivity contribution in [1.29, 1.82) is 0 Å². The highest BCUT2D eigenvalue weighted by atomic mass is 35.5. The molecule has 3 rings (SSSR count). The van der Waals surface area contributed by atoms with Gasteiger partial charge in [-0.25, -0.2) is 0 Å². The molecule has 146 valence electrons. The Morgan fingerprint density at radius 2 is 2.11 bits per heavy atom. The lowest BCUT2D eigenvalue weighted by Gasteiger charge is -2.26. The summed E-state index contributed by atoms with van der Waals surface area (Å²) >= 11 is 5.97. The Bertz CT molecular complexity index is 843. The van der Waals surface area contributed by atoms with Gasteiger partial charge in [0.15, 0.2) is 6.10 Å². The number of nitrogens with one attached hydrogen (secondary N) is 2. The first kappa shape index (κ1) is 19.7. The molecule has 1 aromatic heterocycles. The summed E-state index contributed by atoms with van der Waals surface area (Å²) in [7, 11) is 0. The molecule has 4 N–H and O–H groups in total. The minimum absolute atomic E-state index is 0.0333. The Kier molecular flexibility index (Phi) is 5.74. The van der Waals surface area contributed by atoms with E-state index in [9.17, 15) is 19.8 Å². The van der Waals surface area contributed by atoms with Crippen molar-refractivity contribution in [3.63, 3.8) is 0 Å². The molecule has 2 aromatic rings. The zero-order valence-corrected chi connectivity index (χ0v) is 16.0. The van der Waals surface area contributed by atoms with Gasteiger partial charge in [-0.2, -0.15) is 0 Å². The molecule has 4 unspecified atom stereocenters. The Hall–Kier alpha value is -2.09. The van der Waals surface area contributed by atoms with E-state index >= 15 is 0 Å². The second-order valence-electron chi connectivity index (χ2n) is 7.14. The van der Waals surface area contributed by atoms with Gasteiger partial charge in [0.25, 0.3) is 11.8 Å². The van der Waals surface area contributed by atoms with Gasteiger partial charge in [-0.05, 0) is 30.7 Å². The van der Waals surface area contributed by atoms with Crippen LogP contribution in [0.15, 0.2) is 24.3 Å². The number of aromatic nitrogens is 1. The van der Waals surface area contributed by atoms with E-state index in [1.54, 1.807) is 31.2 Å². The molecule has 27 heavy (non-hydrogen) atoms. The molecule has 0 saturated carbocycles. The van der Waals surface area contributed by atoms with E-state index in [1.165, 1.54) is 4.90 Å². The molecular formula is C19H24ClN3O4. The van der Waals surface area contributed by atoms with Gasteiger partial charge < -0.3 is 25.4 Å². The normalized spacial score (nSPS) is 22.0. The zero-order chi connectivity index (χ0) is 19.7. The first-order valence-electron chi connectivity index (χ1n) is 9.04. The number of hydrogen-bond donors (Lipinski definition) is 4. The number of β-amino-alcohol motifs (C(OH)–C–C–N with tert-alkyl or cyclic N) is 1. The van der Waals surface area contributed by atoms with Crippen molar-refractivity contribution in [1.82, 2.24) is 15.2 Å². The first-order chi connectivity index (χ1) is 12.8. The summed E-state index contributed by atoms with van der Waals surface area (Å²) in [6.45, 7) is 4.23. The van der Waals surface area contributed by atoms with E-state index in [1.807, 2.05) is 6.92 Å². The Labute approximate surface area is 162 Å². The molecule has 0 aliphatic carbocycles. The Morgan fingerprint density at radius 1 is 1.37 bits per heavy atom. The first-order valence-corrected chi connectivity index (χ1v) is 9.42. The van der Waals surface area contributed by atoms with Gasteiger partial charge in [-0.1, -0.05) is 25.4 Å². The lowest BCUT2D eigenvalue weighted by Crippen LogP contribution is -2.51. The van der Waals surface area contributed by atoms with Crippen LogP contribution in [0.3, 0.4) is 0 Å². The van der Waals surface area contributed by atoms with E-state index in [2.05, 4.69) is 10.3 Å². The van der Waals surface area contributed by atoms with Crippen LogP contribution in [0.5, 0.6) is 0 Å². The van der Waals surface area contributed by atoms with Crippen LogP contribution in [0.25, 0.3) is 10.9 Å². The highest BCUT2D eigenvalue weighted by Gasteiger charge is 2.36. The maximum Gasteiger partial charge on any atom is 0.268 e. The number of aliphatic hydroxyl groups excluding tert-OH is 2. The third-order valence-corrected chi connectivity index (χ3v) is 5.34. The predicted molar refractivity (Wildman–Crippen MR) is 103 cm³/mol. The molecule has 1 aliphatic heterocycles. The number of amides is 2. The van der Waals surface area contributed by atoms with Gasteiger partial charge in [0.05, 0.1) is 12.1 Å². The zero-order valence-electron chi connectivity index (χ0n) is 15.3. The number of carbonyl (C=O) groups is 2. The van der Waals surface area contributed by atoms with Gasteiger partial charge in [0, 0.05) is 34.9 Å². The van der Waals surface area contributed by atoms with Crippen molar-refractivity contribution in [3.05, 3.63) is 35.0 Å². The fourth-order valence-electron chi connectivity index (χ4n) is 3.36. The summed E-state index contributed by atoms with van der Waals surface area (Å²) in [6.07, 6.45) is -1.57. The number of rotatable bonds is 5. The quantitative estimate of drug-likeness (QED) is 0.618. The maximum atomic E-state index is 12.6. The number of aliphatic hydroxyl groups is 2. The Balaban J connectivity index is 1.69. The van der Waals surface area contributed by atoms with Crippen LogP contribution in [-0.2, 0) is 4.79 Å². The summed E-state index contributed by atoms with van der Waals surface area (Å²) < 4.78 is 0. The van der Waals surface area contributed by atoms with Crippen molar-refractivity contribution in [2.75, 3.05) is 13.1 Å². The van der Waals surface area contributed by atoms with Crippen LogP contribution in [-0.4, -0.2) is 63.3 Å². The van der Waals surface area contributed by atoms with Crippen LogP contribution in [0.2, 0.25) is 5.02 Å². The minimum atomic E-state index is -1.37. The molecule has 2 heterocycles. The highest BCUT2D eigenvalue weighted by molar-refractivity contribution is 6.31. The highest BCUT2D eigenvalue weighted by Crippen LogP contribution is 2.21. The van der Waals surface area contributed by atoms with Gasteiger partial charge >= 0.3 is 0 Å². The third-order valence-electron chi connectivity index (χ3n) is 5.10. The van der Waals surface area contributed by atoms with Crippen molar-refractivity contribution in [3.8, 4) is 0 Å². The largest absolute Gasteiger partial charge is 0.391 e. The van der Waals surface area contributed by atoms with Gasteiger partial charge in [0.1, 0.15) is 5.69 Å². The van der Waals surface area contributed by atoms with E-state index in [-0.39, 0.29) is 12.5 Å². The molecule has 7 nitrogen and oxygen atoms in total. The van der Waals surface area contributed by atoms with Crippen molar-refractivity contribution in [2.24, 2.45) is 5.92 Å². The number of H-pyrrole nitrogens is 1. The molecule has 8 heteroatoms. The number of carbonyl (C=O) groups excluding carboxylic acids is 2. The molecule has 1 aliphatic rings. The molecule has 1 aromatic carbocycles. The standard InChI is InChI=1S/C19H24ClN3O4/c1-3-13(17(25)19(27)23-8-10(2)16(24)9-23)22-18(26)15-7-11-6-12(20)4-5-14(11)21-15/h4-7,10,13,16-17,21,24-25H,3,8-9H2,1-2H3,(H,22,26). The molecule has 0 spiro atoms. The minimum Gasteiger partial charge on any atom is -0.391 e. The third kappa shape index (κ3) is 4.10. The molecule has 4 atom stereocenters. The van der Waals surface area contributed by atoms with Crippen LogP contribution in [0, 0.1) is 5.92 Å². The number of halogens is 1. The molecular weight excluding hydrogens is 370 g/mol. The van der Waals surface area contributed by atoms with Crippen LogP contribution in [0.1, 0.15) is 30.8 Å². The number of likely N-dealkylation sites (tertiary alicyclic amines) is 1. The van der Waals surface area contributed by atoms with E-state index in [4.69, 9.17) is 11.6 Å². The van der Waals surface area contributed by atoms with Crippen LogP contribution >= 0.6 is 11.6 Å².